The van der Waals surface area contributed by atoms with Crippen molar-refractivity contribution in [2.24, 2.45) is 5.41 Å². The Hall–Kier alpha value is -0.530. The van der Waals surface area contributed by atoms with Crippen LogP contribution >= 0.6 is 24.0 Å². The van der Waals surface area contributed by atoms with Crippen LogP contribution < -0.4 is 5.32 Å². The van der Waals surface area contributed by atoms with Gasteiger partial charge in [-0.2, -0.15) is 13.2 Å². The number of aliphatic hydroxyl groups excluding tert-OH is 1. The van der Waals surface area contributed by atoms with Gasteiger partial charge in [0, 0.05) is 49.3 Å². The van der Waals surface area contributed by atoms with Crippen molar-refractivity contribution in [3.63, 3.8) is 0 Å². The van der Waals surface area contributed by atoms with E-state index in [0.29, 0.717) is 26.2 Å². The van der Waals surface area contributed by atoms with Crippen LogP contribution in [0.15, 0.2) is 18.2 Å². The van der Waals surface area contributed by atoms with Crippen LogP contribution in [0.3, 0.4) is 0 Å². The van der Waals surface area contributed by atoms with Gasteiger partial charge in [-0.05, 0) is 17.7 Å². The van der Waals surface area contributed by atoms with Crippen LogP contribution in [-0.2, 0) is 6.18 Å². The molecule has 1 aliphatic heterocycles. The molecule has 1 aliphatic rings. The lowest BCUT2D eigenvalue weighted by Gasteiger charge is -2.44. The van der Waals surface area contributed by atoms with Crippen molar-refractivity contribution in [3.8, 4) is 0 Å². The van der Waals surface area contributed by atoms with Crippen molar-refractivity contribution in [2.75, 3.05) is 32.8 Å². The fourth-order valence-corrected chi connectivity index (χ4v) is 3.32. The van der Waals surface area contributed by atoms with E-state index in [-0.39, 0.29) is 29.6 Å². The second-order valence-corrected chi connectivity index (χ2v) is 7.00. The minimum Gasteiger partial charge on any atom is -0.396 e. The van der Waals surface area contributed by atoms with Gasteiger partial charge in [-0.15, -0.1) is 12.4 Å². The van der Waals surface area contributed by atoms with Gasteiger partial charge in [0.1, 0.15) is 0 Å². The minimum absolute atomic E-state index is 0. The number of nitrogens with zero attached hydrogens (tertiary/aromatic N) is 1. The Morgan fingerprint density at radius 1 is 1.25 bits per heavy atom. The van der Waals surface area contributed by atoms with Crippen LogP contribution in [0.5, 0.6) is 0 Å². The molecule has 1 aromatic rings. The van der Waals surface area contributed by atoms with Gasteiger partial charge < -0.3 is 10.4 Å². The van der Waals surface area contributed by atoms with Crippen LogP contribution in [-0.4, -0.2) is 42.8 Å². The molecule has 0 unspecified atom stereocenters. The highest BCUT2D eigenvalue weighted by Gasteiger charge is 2.42. The molecule has 0 spiro atoms. The van der Waals surface area contributed by atoms with Crippen molar-refractivity contribution >= 4 is 24.0 Å². The van der Waals surface area contributed by atoms with E-state index < -0.39 is 23.2 Å². The number of piperazine rings is 1. The number of hydrogen-bond donors (Lipinski definition) is 2. The molecule has 24 heavy (non-hydrogen) atoms. The number of alkyl halides is 3. The Kier molecular flexibility index (Phi) is 7.38. The van der Waals surface area contributed by atoms with E-state index in [4.69, 9.17) is 11.6 Å². The maximum absolute atomic E-state index is 13.5. The van der Waals surface area contributed by atoms with Gasteiger partial charge in [0.15, 0.2) is 0 Å². The quantitative estimate of drug-likeness (QED) is 0.826. The van der Waals surface area contributed by atoms with Crippen LogP contribution in [0.1, 0.15) is 31.0 Å². The predicted octanol–water partition coefficient (Wildman–Crippen LogP) is 3.75. The summed E-state index contributed by atoms with van der Waals surface area (Å²) in [6, 6.07) is 3.35. The second kappa shape index (κ2) is 8.23. The minimum atomic E-state index is -4.49. The first-order valence-corrected chi connectivity index (χ1v) is 7.97. The lowest BCUT2D eigenvalue weighted by Crippen LogP contribution is -2.50. The van der Waals surface area contributed by atoms with Gasteiger partial charge in [-0.1, -0.05) is 31.5 Å². The molecule has 2 N–H and O–H groups in total. The highest BCUT2D eigenvalue weighted by atomic mass is 35.5. The van der Waals surface area contributed by atoms with Crippen LogP contribution in [0.25, 0.3) is 0 Å². The average Bonchev–Trinajstić information content (AvgIpc) is 2.49. The molecule has 0 aliphatic carbocycles. The Bertz CT molecular complexity index is 547. The third-order valence-corrected chi connectivity index (χ3v) is 4.51. The topological polar surface area (TPSA) is 35.5 Å². The molecule has 1 saturated heterocycles. The maximum Gasteiger partial charge on any atom is 0.416 e. The van der Waals surface area contributed by atoms with E-state index in [9.17, 15) is 18.3 Å². The summed E-state index contributed by atoms with van der Waals surface area (Å²) >= 11 is 5.79. The Morgan fingerprint density at radius 2 is 1.83 bits per heavy atom. The lowest BCUT2D eigenvalue weighted by molar-refractivity contribution is -0.139. The first-order chi connectivity index (χ1) is 10.7. The van der Waals surface area contributed by atoms with E-state index in [0.717, 1.165) is 6.07 Å². The highest BCUT2D eigenvalue weighted by Crippen LogP contribution is 2.44. The molecule has 1 fully saturated rings. The molecule has 1 heterocycles. The standard InChI is InChI=1S/C16H22ClF3N2O.ClH/c1-15(2,10-23)14(22-7-5-21-6-8-22)12-4-3-11(17)9-13(12)16(18,19)20;/h3-4,9,14,21,23H,5-8,10H2,1-2H3;1H/t14-;/m1./s1. The molecule has 1 aromatic carbocycles. The number of benzene rings is 1. The van der Waals surface area contributed by atoms with Crippen molar-refractivity contribution in [1.29, 1.82) is 0 Å². The molecular formula is C16H23Cl2F3N2O. The van der Waals surface area contributed by atoms with Gasteiger partial charge >= 0.3 is 6.18 Å². The highest BCUT2D eigenvalue weighted by molar-refractivity contribution is 6.30. The second-order valence-electron chi connectivity index (χ2n) is 6.56. The summed E-state index contributed by atoms with van der Waals surface area (Å²) in [7, 11) is 0. The van der Waals surface area contributed by atoms with Crippen LogP contribution in [0.2, 0.25) is 5.02 Å². The number of hydrogen-bond acceptors (Lipinski definition) is 3. The van der Waals surface area contributed by atoms with E-state index in [1.54, 1.807) is 13.8 Å². The largest absolute Gasteiger partial charge is 0.416 e. The van der Waals surface area contributed by atoms with Crippen LogP contribution in [0, 0.1) is 5.41 Å². The summed E-state index contributed by atoms with van der Waals surface area (Å²) in [6.45, 7) is 6.06. The summed E-state index contributed by atoms with van der Waals surface area (Å²) in [6.07, 6.45) is -4.49. The fraction of sp³-hybridized carbons (Fsp3) is 0.625. The van der Waals surface area contributed by atoms with Gasteiger partial charge in [0.25, 0.3) is 0 Å². The van der Waals surface area contributed by atoms with Gasteiger partial charge in [-0.25, -0.2) is 0 Å². The van der Waals surface area contributed by atoms with Crippen molar-refractivity contribution in [3.05, 3.63) is 34.3 Å². The number of nitrogens with one attached hydrogen (secondary N) is 1. The van der Waals surface area contributed by atoms with Crippen LogP contribution in [0.4, 0.5) is 13.2 Å². The summed E-state index contributed by atoms with van der Waals surface area (Å²) in [4.78, 5) is 2.01. The maximum atomic E-state index is 13.5. The SMILES string of the molecule is CC(C)(CO)[C@@H](c1ccc(Cl)cc1C(F)(F)F)N1CCNCC1.Cl. The van der Waals surface area contributed by atoms with E-state index in [1.165, 1.54) is 12.1 Å². The third-order valence-electron chi connectivity index (χ3n) is 4.28. The zero-order chi connectivity index (χ0) is 17.3. The molecule has 0 bridgehead atoms. The predicted molar refractivity (Wildman–Crippen MR) is 91.8 cm³/mol. The van der Waals surface area contributed by atoms with Gasteiger partial charge in [-0.3, -0.25) is 4.90 Å². The van der Waals surface area contributed by atoms with E-state index >= 15 is 0 Å². The Morgan fingerprint density at radius 3 is 2.33 bits per heavy atom. The molecule has 2 rings (SSSR count). The monoisotopic (exact) mass is 386 g/mol. The fourth-order valence-electron chi connectivity index (χ4n) is 3.15. The molecule has 3 nitrogen and oxygen atoms in total. The van der Waals surface area contributed by atoms with Gasteiger partial charge in [0.05, 0.1) is 5.56 Å². The first kappa shape index (κ1) is 21.5. The molecule has 8 heteroatoms. The third kappa shape index (κ3) is 4.76. The average molecular weight is 387 g/mol. The van der Waals surface area contributed by atoms with Crippen molar-refractivity contribution < 1.29 is 18.3 Å². The molecule has 138 valence electrons. The smallest absolute Gasteiger partial charge is 0.396 e. The number of aliphatic hydroxyl groups is 1. The first-order valence-electron chi connectivity index (χ1n) is 7.59. The Balaban J connectivity index is 0.00000288. The normalized spacial score (nSPS) is 18.1. The summed E-state index contributed by atoms with van der Waals surface area (Å²) < 4.78 is 40.5. The van der Waals surface area contributed by atoms with Crippen molar-refractivity contribution in [1.82, 2.24) is 10.2 Å². The number of rotatable bonds is 4. The molecule has 0 aromatic heterocycles. The molecule has 0 amide bonds. The number of halogens is 5. The zero-order valence-electron chi connectivity index (χ0n) is 13.7. The summed E-state index contributed by atoms with van der Waals surface area (Å²) in [5.41, 5.74) is -1.27. The lowest BCUT2D eigenvalue weighted by atomic mass is 9.78. The summed E-state index contributed by atoms with van der Waals surface area (Å²) in [5.74, 6) is 0. The molecule has 0 saturated carbocycles. The van der Waals surface area contributed by atoms with Gasteiger partial charge in [0.2, 0.25) is 0 Å². The molecule has 0 radical (unpaired) electrons. The Labute approximate surface area is 151 Å². The summed E-state index contributed by atoms with van der Waals surface area (Å²) in [5, 5.41) is 13.0. The molecular weight excluding hydrogens is 364 g/mol. The van der Waals surface area contributed by atoms with E-state index in [2.05, 4.69) is 5.32 Å². The van der Waals surface area contributed by atoms with E-state index in [1.807, 2.05) is 4.90 Å². The molecule has 1 atom stereocenters. The van der Waals surface area contributed by atoms with Crippen molar-refractivity contribution in [2.45, 2.75) is 26.1 Å². The zero-order valence-corrected chi connectivity index (χ0v) is 15.2.